The standard InChI is InChI=1S/C18H9ClFN5/c1-21-17-10-23-16-7-6-15(24-25(16)17)12-3-2-8-22-18(12)13-9-11(19)4-5-14(13)20/h2-10H. The summed E-state index contributed by atoms with van der Waals surface area (Å²) in [4.78, 5) is 11.8. The van der Waals surface area contributed by atoms with Crippen molar-refractivity contribution in [2.75, 3.05) is 0 Å². The number of nitrogens with zero attached hydrogens (tertiary/aromatic N) is 5. The van der Waals surface area contributed by atoms with Gasteiger partial charge in [-0.2, -0.15) is 0 Å². The Labute approximate surface area is 147 Å². The summed E-state index contributed by atoms with van der Waals surface area (Å²) in [5.74, 6) is -0.119. The first kappa shape index (κ1) is 15.2. The predicted octanol–water partition coefficient (Wildman–Crippen LogP) is 4.80. The van der Waals surface area contributed by atoms with Crippen LogP contribution in [0.1, 0.15) is 0 Å². The number of benzene rings is 1. The Morgan fingerprint density at radius 3 is 2.80 bits per heavy atom. The first-order valence-corrected chi connectivity index (χ1v) is 7.68. The number of halogens is 2. The molecule has 5 nitrogen and oxygen atoms in total. The fourth-order valence-corrected chi connectivity index (χ4v) is 2.76. The van der Waals surface area contributed by atoms with Gasteiger partial charge in [0.05, 0.1) is 11.9 Å². The van der Waals surface area contributed by atoms with Crippen molar-refractivity contribution in [2.24, 2.45) is 0 Å². The van der Waals surface area contributed by atoms with Crippen LogP contribution >= 0.6 is 11.6 Å². The summed E-state index contributed by atoms with van der Waals surface area (Å²) in [5.41, 5.74) is 2.47. The molecule has 25 heavy (non-hydrogen) atoms. The van der Waals surface area contributed by atoms with Crippen LogP contribution in [-0.4, -0.2) is 19.6 Å². The van der Waals surface area contributed by atoms with Crippen LogP contribution in [0.5, 0.6) is 0 Å². The molecule has 0 saturated heterocycles. The highest BCUT2D eigenvalue weighted by molar-refractivity contribution is 6.30. The Balaban J connectivity index is 1.96. The normalized spacial score (nSPS) is 10.8. The molecule has 0 unspecified atom stereocenters. The minimum absolute atomic E-state index is 0.293. The highest BCUT2D eigenvalue weighted by Gasteiger charge is 2.16. The van der Waals surface area contributed by atoms with E-state index in [9.17, 15) is 4.39 Å². The van der Waals surface area contributed by atoms with Crippen molar-refractivity contribution in [1.29, 1.82) is 0 Å². The van der Waals surface area contributed by atoms with Crippen LogP contribution in [0.2, 0.25) is 5.02 Å². The summed E-state index contributed by atoms with van der Waals surface area (Å²) >= 11 is 6.01. The number of rotatable bonds is 2. The minimum Gasteiger partial charge on any atom is -0.360 e. The van der Waals surface area contributed by atoms with Crippen molar-refractivity contribution in [2.45, 2.75) is 0 Å². The second-order valence-corrected chi connectivity index (χ2v) is 5.68. The maximum absolute atomic E-state index is 14.3. The van der Waals surface area contributed by atoms with Gasteiger partial charge in [0.1, 0.15) is 11.5 Å². The molecule has 0 saturated carbocycles. The molecule has 0 N–H and O–H groups in total. The Kier molecular flexibility index (Phi) is 3.64. The van der Waals surface area contributed by atoms with Crippen molar-refractivity contribution in [3.63, 3.8) is 0 Å². The Morgan fingerprint density at radius 2 is 1.96 bits per heavy atom. The van der Waals surface area contributed by atoms with E-state index in [4.69, 9.17) is 18.2 Å². The summed E-state index contributed by atoms with van der Waals surface area (Å²) in [5, 5.41) is 4.88. The summed E-state index contributed by atoms with van der Waals surface area (Å²) < 4.78 is 15.8. The highest BCUT2D eigenvalue weighted by atomic mass is 35.5. The lowest BCUT2D eigenvalue weighted by Crippen LogP contribution is -1.97. The fourth-order valence-electron chi connectivity index (χ4n) is 2.59. The molecule has 4 aromatic rings. The van der Waals surface area contributed by atoms with Gasteiger partial charge >= 0.3 is 0 Å². The molecular weight excluding hydrogens is 341 g/mol. The third kappa shape index (κ3) is 2.61. The SMILES string of the molecule is [C-]#[N+]c1cnc2ccc(-c3cccnc3-c3cc(Cl)ccc3F)nn12. The Bertz CT molecular complexity index is 1150. The van der Waals surface area contributed by atoms with Crippen molar-refractivity contribution in [1.82, 2.24) is 19.6 Å². The Hall–Kier alpha value is -3.30. The molecule has 3 aromatic heterocycles. The molecule has 120 valence electrons. The van der Waals surface area contributed by atoms with Crippen molar-refractivity contribution >= 4 is 23.1 Å². The molecular formula is C18H9ClFN5. The van der Waals surface area contributed by atoms with Crippen LogP contribution in [0.15, 0.2) is 54.9 Å². The van der Waals surface area contributed by atoms with Gasteiger partial charge in [-0.1, -0.05) is 23.3 Å². The molecule has 0 amide bonds. The van der Waals surface area contributed by atoms with Gasteiger partial charge < -0.3 is 4.85 Å². The number of imidazole rings is 1. The average Bonchev–Trinajstić information content (AvgIpc) is 3.06. The average molecular weight is 350 g/mol. The zero-order valence-corrected chi connectivity index (χ0v) is 13.4. The Morgan fingerprint density at radius 1 is 1.08 bits per heavy atom. The van der Waals surface area contributed by atoms with Crippen LogP contribution in [-0.2, 0) is 0 Å². The molecule has 0 spiro atoms. The molecule has 0 radical (unpaired) electrons. The van der Waals surface area contributed by atoms with Gasteiger partial charge in [-0.05, 0) is 36.4 Å². The summed E-state index contributed by atoms with van der Waals surface area (Å²) in [7, 11) is 0. The first-order chi connectivity index (χ1) is 12.2. The van der Waals surface area contributed by atoms with E-state index in [1.807, 2.05) is 0 Å². The highest BCUT2D eigenvalue weighted by Crippen LogP contribution is 2.32. The van der Waals surface area contributed by atoms with Crippen molar-refractivity contribution in [3.05, 3.63) is 77.1 Å². The van der Waals surface area contributed by atoms with E-state index in [1.165, 1.54) is 28.9 Å². The second-order valence-electron chi connectivity index (χ2n) is 5.24. The van der Waals surface area contributed by atoms with Crippen LogP contribution in [0.25, 0.3) is 33.0 Å². The van der Waals surface area contributed by atoms with Gasteiger partial charge in [0.2, 0.25) is 5.65 Å². The van der Waals surface area contributed by atoms with Gasteiger partial charge in [0.25, 0.3) is 5.82 Å². The lowest BCUT2D eigenvalue weighted by Gasteiger charge is -2.09. The van der Waals surface area contributed by atoms with Gasteiger partial charge in [-0.15, -0.1) is 4.52 Å². The molecule has 0 atom stereocenters. The lowest BCUT2D eigenvalue weighted by molar-refractivity contribution is 0.631. The van der Waals surface area contributed by atoms with Gasteiger partial charge in [0.15, 0.2) is 0 Å². The monoisotopic (exact) mass is 349 g/mol. The molecule has 0 aliphatic carbocycles. The zero-order valence-electron chi connectivity index (χ0n) is 12.7. The number of aromatic nitrogens is 4. The molecule has 0 aliphatic rings. The van der Waals surface area contributed by atoms with Gasteiger partial charge in [0, 0.05) is 28.4 Å². The van der Waals surface area contributed by atoms with Crippen LogP contribution in [0.4, 0.5) is 10.2 Å². The van der Waals surface area contributed by atoms with Crippen LogP contribution in [0, 0.1) is 12.4 Å². The molecule has 3 heterocycles. The summed E-state index contributed by atoms with van der Waals surface area (Å²) in [6.07, 6.45) is 3.04. The second kappa shape index (κ2) is 5.96. The van der Waals surface area contributed by atoms with E-state index in [0.29, 0.717) is 39.0 Å². The smallest absolute Gasteiger partial charge is 0.275 e. The van der Waals surface area contributed by atoms with E-state index in [0.717, 1.165) is 0 Å². The van der Waals surface area contributed by atoms with Crippen LogP contribution < -0.4 is 0 Å². The maximum Gasteiger partial charge on any atom is 0.275 e. The molecule has 0 aliphatic heterocycles. The van der Waals surface area contributed by atoms with Crippen LogP contribution in [0.3, 0.4) is 0 Å². The number of fused-ring (bicyclic) bond motifs is 1. The molecule has 7 heteroatoms. The van der Waals surface area contributed by atoms with E-state index in [-0.39, 0.29) is 0 Å². The zero-order chi connectivity index (χ0) is 17.4. The van der Waals surface area contributed by atoms with Gasteiger partial charge in [-0.3, -0.25) is 4.98 Å². The molecule has 4 rings (SSSR count). The number of pyridine rings is 1. The maximum atomic E-state index is 14.3. The van der Waals surface area contributed by atoms with E-state index >= 15 is 0 Å². The quantitative estimate of drug-likeness (QED) is 0.488. The largest absolute Gasteiger partial charge is 0.360 e. The topological polar surface area (TPSA) is 47.4 Å². The van der Waals surface area contributed by atoms with Crippen molar-refractivity contribution < 1.29 is 4.39 Å². The third-order valence-corrected chi connectivity index (χ3v) is 3.96. The van der Waals surface area contributed by atoms with E-state index < -0.39 is 5.82 Å². The molecule has 0 bridgehead atoms. The van der Waals surface area contributed by atoms with Crippen molar-refractivity contribution in [3.8, 4) is 22.5 Å². The van der Waals surface area contributed by atoms with E-state index in [2.05, 4.69) is 19.9 Å². The third-order valence-electron chi connectivity index (χ3n) is 3.73. The summed E-state index contributed by atoms with van der Waals surface area (Å²) in [6.45, 7) is 7.19. The molecule has 0 fully saturated rings. The fraction of sp³-hybridized carbons (Fsp3) is 0. The van der Waals surface area contributed by atoms with Gasteiger partial charge in [-0.25, -0.2) is 9.37 Å². The first-order valence-electron chi connectivity index (χ1n) is 7.30. The van der Waals surface area contributed by atoms with E-state index in [1.54, 1.807) is 30.5 Å². The number of hydrogen-bond donors (Lipinski definition) is 0. The molecule has 1 aromatic carbocycles. The predicted molar refractivity (Wildman–Crippen MR) is 92.9 cm³/mol. The summed E-state index contributed by atoms with van der Waals surface area (Å²) in [6, 6.07) is 11.4. The number of hydrogen-bond acceptors (Lipinski definition) is 3. The minimum atomic E-state index is -0.421. The lowest BCUT2D eigenvalue weighted by atomic mass is 10.0.